The van der Waals surface area contributed by atoms with Gasteiger partial charge in [0.25, 0.3) is 5.91 Å². The normalized spacial score (nSPS) is 28.1. The van der Waals surface area contributed by atoms with Crippen molar-refractivity contribution in [2.75, 3.05) is 26.7 Å². The number of ether oxygens (including phenoxy) is 1. The number of halogens is 1. The summed E-state index contributed by atoms with van der Waals surface area (Å²) in [5, 5.41) is 0. The quantitative estimate of drug-likeness (QED) is 0.751. The maximum Gasteiger partial charge on any atom is 0.255 e. The molecule has 0 radical (unpaired) electrons. The molecule has 5 rings (SSSR count). The van der Waals surface area contributed by atoms with Crippen LogP contribution in [-0.2, 0) is 6.42 Å². The third-order valence-electron chi connectivity index (χ3n) is 7.44. The number of hydrogen-bond donors (Lipinski definition) is 0. The molecule has 4 atom stereocenters. The van der Waals surface area contributed by atoms with Gasteiger partial charge in [0.2, 0.25) is 0 Å². The maximum absolute atomic E-state index is 13.7. The summed E-state index contributed by atoms with van der Waals surface area (Å²) in [5.74, 6) is 1.25. The molecule has 5 nitrogen and oxygen atoms in total. The molecule has 3 aliphatic rings. The minimum absolute atomic E-state index is 0.0916. The first-order valence-electron chi connectivity index (χ1n) is 11.4. The van der Waals surface area contributed by atoms with E-state index in [2.05, 4.69) is 28.1 Å². The highest BCUT2D eigenvalue weighted by atomic mass is 19.1. The van der Waals surface area contributed by atoms with E-state index in [1.54, 1.807) is 7.11 Å². The summed E-state index contributed by atoms with van der Waals surface area (Å²) >= 11 is 0. The lowest BCUT2D eigenvalue weighted by Crippen LogP contribution is -2.64. The monoisotopic (exact) mass is 423 g/mol. The number of aromatic nitrogens is 1. The Hall–Kier alpha value is -2.47. The van der Waals surface area contributed by atoms with Gasteiger partial charge in [-0.25, -0.2) is 4.39 Å². The number of amides is 1. The second-order valence-electron chi connectivity index (χ2n) is 9.28. The minimum Gasteiger partial charge on any atom is -0.497 e. The van der Waals surface area contributed by atoms with E-state index in [1.165, 1.54) is 43.5 Å². The van der Waals surface area contributed by atoms with E-state index in [0.717, 1.165) is 38.0 Å². The van der Waals surface area contributed by atoms with E-state index < -0.39 is 5.82 Å². The number of likely N-dealkylation sites (tertiary alicyclic amines) is 1. The van der Waals surface area contributed by atoms with Crippen molar-refractivity contribution in [1.29, 1.82) is 0 Å². The highest BCUT2D eigenvalue weighted by Crippen LogP contribution is 2.42. The third-order valence-corrected chi connectivity index (χ3v) is 7.44. The average molecular weight is 424 g/mol. The Labute approximate surface area is 183 Å². The van der Waals surface area contributed by atoms with Crippen LogP contribution in [0.4, 0.5) is 4.39 Å². The van der Waals surface area contributed by atoms with Crippen LogP contribution in [0.5, 0.6) is 5.75 Å². The fraction of sp³-hybridized carbons (Fsp3) is 0.520. The summed E-state index contributed by atoms with van der Waals surface area (Å²) in [6.07, 6.45) is 8.48. The van der Waals surface area contributed by atoms with Gasteiger partial charge in [0.1, 0.15) is 11.6 Å². The van der Waals surface area contributed by atoms with E-state index in [4.69, 9.17) is 4.74 Å². The second kappa shape index (κ2) is 8.58. The van der Waals surface area contributed by atoms with Crippen molar-refractivity contribution >= 4 is 5.91 Å². The summed E-state index contributed by atoms with van der Waals surface area (Å²) < 4.78 is 19.1. The average Bonchev–Trinajstić information content (AvgIpc) is 2.81. The number of pyridine rings is 1. The summed E-state index contributed by atoms with van der Waals surface area (Å²) in [6, 6.07) is 10.6. The molecule has 164 valence electrons. The van der Waals surface area contributed by atoms with Gasteiger partial charge in [0.15, 0.2) is 0 Å². The standard InChI is InChI=1S/C25H30FN3O2/c1-31-22-6-4-5-17(9-22)10-24-20-11-19(23-7-2-3-8-29(23)24)15-28(16-20)25(30)18-12-21(26)14-27-13-18/h4-6,9,12-14,19-20,23-24H,2-3,7-8,10-11,15-16H2,1H3/t19-,20+,23+,24+/m1/s1. The molecule has 6 heteroatoms. The largest absolute Gasteiger partial charge is 0.497 e. The van der Waals surface area contributed by atoms with Gasteiger partial charge in [-0.3, -0.25) is 14.7 Å². The molecule has 2 aromatic rings. The molecule has 0 unspecified atom stereocenters. The number of benzene rings is 1. The number of piperidine rings is 3. The van der Waals surface area contributed by atoms with Gasteiger partial charge in [0, 0.05) is 31.4 Å². The number of fused-ring (bicyclic) bond motifs is 4. The first-order chi connectivity index (χ1) is 15.1. The molecular weight excluding hydrogens is 393 g/mol. The molecule has 0 N–H and O–H groups in total. The number of carbonyl (C=O) groups excluding carboxylic acids is 1. The molecule has 4 heterocycles. The Balaban J connectivity index is 1.41. The molecule has 1 aromatic carbocycles. The van der Waals surface area contributed by atoms with Gasteiger partial charge in [-0.1, -0.05) is 18.6 Å². The molecule has 1 aromatic heterocycles. The summed E-state index contributed by atoms with van der Waals surface area (Å²) in [7, 11) is 1.71. The first-order valence-corrected chi connectivity index (χ1v) is 11.4. The first kappa shape index (κ1) is 20.4. The van der Waals surface area contributed by atoms with Gasteiger partial charge >= 0.3 is 0 Å². The molecule has 3 saturated heterocycles. The van der Waals surface area contributed by atoms with Crippen molar-refractivity contribution in [2.45, 2.75) is 44.2 Å². The van der Waals surface area contributed by atoms with E-state index in [1.807, 2.05) is 11.0 Å². The number of nitrogens with zero attached hydrogens (tertiary/aromatic N) is 3. The molecule has 1 amide bonds. The second-order valence-corrected chi connectivity index (χ2v) is 9.28. The van der Waals surface area contributed by atoms with Crippen molar-refractivity contribution in [3.8, 4) is 5.75 Å². The van der Waals surface area contributed by atoms with Crippen LogP contribution in [0, 0.1) is 17.7 Å². The predicted octanol–water partition coefficient (Wildman–Crippen LogP) is 3.79. The Kier molecular flexibility index (Phi) is 5.65. The third kappa shape index (κ3) is 4.05. The SMILES string of the molecule is COc1cccc(C[C@H]2[C@H]3C[C@H](CN(C(=O)c4cncc(F)c4)C3)[C@@H]3CCCCN32)c1. The van der Waals surface area contributed by atoms with Crippen molar-refractivity contribution in [2.24, 2.45) is 11.8 Å². The Bertz CT molecular complexity index is 952. The Morgan fingerprint density at radius 1 is 1.19 bits per heavy atom. The van der Waals surface area contributed by atoms with Crippen LogP contribution in [0.2, 0.25) is 0 Å². The van der Waals surface area contributed by atoms with Gasteiger partial charge in [0.05, 0.1) is 18.9 Å². The zero-order valence-electron chi connectivity index (χ0n) is 18.0. The Morgan fingerprint density at radius 3 is 2.90 bits per heavy atom. The lowest BCUT2D eigenvalue weighted by atomic mass is 9.71. The molecule has 31 heavy (non-hydrogen) atoms. The number of methoxy groups -OCH3 is 1. The number of rotatable bonds is 4. The molecular formula is C25H30FN3O2. The topological polar surface area (TPSA) is 45.7 Å². The molecule has 2 bridgehead atoms. The van der Waals surface area contributed by atoms with Crippen LogP contribution in [-0.4, -0.2) is 59.5 Å². The molecule has 3 fully saturated rings. The highest BCUT2D eigenvalue weighted by Gasteiger charge is 2.47. The van der Waals surface area contributed by atoms with Crippen molar-refractivity contribution in [3.63, 3.8) is 0 Å². The predicted molar refractivity (Wildman–Crippen MR) is 117 cm³/mol. The van der Waals surface area contributed by atoms with E-state index >= 15 is 0 Å². The van der Waals surface area contributed by atoms with E-state index in [-0.39, 0.29) is 5.91 Å². The van der Waals surface area contributed by atoms with Crippen LogP contribution in [0.25, 0.3) is 0 Å². The van der Waals surface area contributed by atoms with Crippen LogP contribution >= 0.6 is 0 Å². The summed E-state index contributed by atoms with van der Waals surface area (Å²) in [5.41, 5.74) is 1.63. The zero-order chi connectivity index (χ0) is 21.4. The van der Waals surface area contributed by atoms with Crippen LogP contribution in [0.3, 0.4) is 0 Å². The van der Waals surface area contributed by atoms with E-state index in [9.17, 15) is 9.18 Å². The fourth-order valence-electron chi connectivity index (χ4n) is 6.11. The van der Waals surface area contributed by atoms with E-state index in [0.29, 0.717) is 29.5 Å². The van der Waals surface area contributed by atoms with Gasteiger partial charge < -0.3 is 9.64 Å². The van der Waals surface area contributed by atoms with Crippen molar-refractivity contribution < 1.29 is 13.9 Å². The summed E-state index contributed by atoms with van der Waals surface area (Å²) in [6.45, 7) is 2.64. The molecule has 0 aliphatic carbocycles. The van der Waals surface area contributed by atoms with Crippen molar-refractivity contribution in [3.05, 3.63) is 59.7 Å². The smallest absolute Gasteiger partial charge is 0.255 e. The summed E-state index contributed by atoms with van der Waals surface area (Å²) in [4.78, 5) is 21.8. The van der Waals surface area contributed by atoms with Crippen molar-refractivity contribution in [1.82, 2.24) is 14.8 Å². The van der Waals surface area contributed by atoms with Gasteiger partial charge in [-0.05, 0) is 67.8 Å². The van der Waals surface area contributed by atoms with Gasteiger partial charge in [-0.2, -0.15) is 0 Å². The van der Waals surface area contributed by atoms with Crippen LogP contribution in [0.1, 0.15) is 41.6 Å². The lowest BCUT2D eigenvalue weighted by Gasteiger charge is -2.57. The molecule has 0 spiro atoms. The van der Waals surface area contributed by atoms with Crippen LogP contribution < -0.4 is 4.74 Å². The minimum atomic E-state index is -0.461. The fourth-order valence-corrected chi connectivity index (χ4v) is 6.11. The maximum atomic E-state index is 13.7. The Morgan fingerprint density at radius 2 is 2.06 bits per heavy atom. The zero-order valence-corrected chi connectivity index (χ0v) is 18.0. The molecule has 0 saturated carbocycles. The van der Waals surface area contributed by atoms with Gasteiger partial charge in [-0.15, -0.1) is 0 Å². The number of hydrogen-bond acceptors (Lipinski definition) is 4. The lowest BCUT2D eigenvalue weighted by molar-refractivity contribution is -0.0642. The highest BCUT2D eigenvalue weighted by molar-refractivity contribution is 5.94. The number of carbonyl (C=O) groups is 1. The molecule has 3 aliphatic heterocycles. The van der Waals surface area contributed by atoms with Crippen LogP contribution in [0.15, 0.2) is 42.7 Å².